The highest BCUT2D eigenvalue weighted by Crippen LogP contribution is 2.14. The van der Waals surface area contributed by atoms with Crippen LogP contribution in [0.4, 0.5) is 10.7 Å². The van der Waals surface area contributed by atoms with Gasteiger partial charge >= 0.3 is 6.03 Å². The zero-order valence-electron chi connectivity index (χ0n) is 14.3. The molecule has 3 heterocycles. The van der Waals surface area contributed by atoms with Gasteiger partial charge in [-0.05, 0) is 19.1 Å². The molecule has 1 N–H and O–H groups in total. The molecule has 0 bridgehead atoms. The Kier molecular flexibility index (Phi) is 5.61. The second kappa shape index (κ2) is 8.27. The number of pyridine rings is 1. The smallest absolute Gasteiger partial charge is 0.317 e. The number of urea groups is 1. The molecule has 0 aromatic carbocycles. The lowest BCUT2D eigenvalue weighted by atomic mass is 10.2. The molecule has 1 aliphatic heterocycles. The summed E-state index contributed by atoms with van der Waals surface area (Å²) in [5.41, 5.74) is 0.869. The largest absolute Gasteiger partial charge is 0.478 e. The fourth-order valence-corrected chi connectivity index (χ4v) is 2.67. The number of carbonyl (C=O) groups excluding carboxylic acids is 1. The number of hydrogen-bond acceptors (Lipinski definition) is 6. The molecule has 1 fully saturated rings. The van der Waals surface area contributed by atoms with Gasteiger partial charge in [-0.25, -0.2) is 19.7 Å². The van der Waals surface area contributed by atoms with Crippen molar-refractivity contribution in [1.82, 2.24) is 25.2 Å². The fourth-order valence-electron chi connectivity index (χ4n) is 2.67. The lowest BCUT2D eigenvalue weighted by Gasteiger charge is -2.34. The Hall–Kier alpha value is -2.90. The molecule has 0 unspecified atom stereocenters. The summed E-state index contributed by atoms with van der Waals surface area (Å²) in [5.74, 6) is 1.27. The molecule has 8 heteroatoms. The molecule has 0 saturated carbocycles. The molecule has 25 heavy (non-hydrogen) atoms. The second-order valence-electron chi connectivity index (χ2n) is 5.58. The average molecular weight is 342 g/mol. The highest BCUT2D eigenvalue weighted by molar-refractivity contribution is 5.74. The summed E-state index contributed by atoms with van der Waals surface area (Å²) in [5, 5.41) is 2.94. The number of hydrogen-bond donors (Lipinski definition) is 1. The number of aromatic nitrogens is 3. The van der Waals surface area contributed by atoms with Crippen molar-refractivity contribution in [2.24, 2.45) is 0 Å². The maximum atomic E-state index is 12.4. The zero-order chi connectivity index (χ0) is 17.5. The van der Waals surface area contributed by atoms with Crippen LogP contribution in [0.1, 0.15) is 12.5 Å². The number of nitrogens with zero attached hydrogens (tertiary/aromatic N) is 5. The van der Waals surface area contributed by atoms with Gasteiger partial charge in [0, 0.05) is 56.9 Å². The van der Waals surface area contributed by atoms with Crippen LogP contribution in [0.2, 0.25) is 0 Å². The minimum Gasteiger partial charge on any atom is -0.478 e. The molecule has 0 spiro atoms. The topological polar surface area (TPSA) is 83.5 Å². The van der Waals surface area contributed by atoms with E-state index in [1.54, 1.807) is 29.6 Å². The quantitative estimate of drug-likeness (QED) is 0.882. The molecule has 2 amide bonds. The highest BCUT2D eigenvalue weighted by atomic mass is 16.5. The van der Waals surface area contributed by atoms with Crippen molar-refractivity contribution in [2.75, 3.05) is 37.7 Å². The van der Waals surface area contributed by atoms with E-state index in [1.165, 1.54) is 0 Å². The molecule has 2 aromatic heterocycles. The summed E-state index contributed by atoms with van der Waals surface area (Å²) in [6.45, 7) is 5.55. The maximum Gasteiger partial charge on any atom is 0.317 e. The Bertz CT molecular complexity index is 689. The molecule has 132 valence electrons. The van der Waals surface area contributed by atoms with Crippen molar-refractivity contribution in [3.05, 3.63) is 42.4 Å². The van der Waals surface area contributed by atoms with E-state index in [1.807, 2.05) is 19.1 Å². The van der Waals surface area contributed by atoms with Gasteiger partial charge in [-0.15, -0.1) is 0 Å². The molecule has 8 nitrogen and oxygen atoms in total. The lowest BCUT2D eigenvalue weighted by Crippen LogP contribution is -2.52. The van der Waals surface area contributed by atoms with Crippen molar-refractivity contribution >= 4 is 12.0 Å². The van der Waals surface area contributed by atoms with E-state index < -0.39 is 0 Å². The van der Waals surface area contributed by atoms with E-state index in [0.29, 0.717) is 51.2 Å². The number of piperazine rings is 1. The summed E-state index contributed by atoms with van der Waals surface area (Å²) in [4.78, 5) is 29.0. The molecular formula is C17H22N6O2. The first-order chi connectivity index (χ1) is 12.3. The van der Waals surface area contributed by atoms with Gasteiger partial charge in [0.1, 0.15) is 0 Å². The van der Waals surface area contributed by atoms with Gasteiger partial charge in [0.05, 0.1) is 6.61 Å². The number of anilines is 1. The Balaban J connectivity index is 1.50. The molecule has 0 radical (unpaired) electrons. The number of rotatable bonds is 5. The van der Waals surface area contributed by atoms with Gasteiger partial charge in [0.25, 0.3) is 0 Å². The predicted octanol–water partition coefficient (Wildman–Crippen LogP) is 1.30. The van der Waals surface area contributed by atoms with Crippen LogP contribution in [0.15, 0.2) is 36.8 Å². The SMILES string of the molecule is CCOc1ncccc1CNC(=O)N1CCN(c2ncccn2)CC1. The van der Waals surface area contributed by atoms with Crippen LogP contribution in [-0.2, 0) is 6.54 Å². The highest BCUT2D eigenvalue weighted by Gasteiger charge is 2.22. The molecule has 0 aliphatic carbocycles. The molecule has 2 aromatic rings. The minimum absolute atomic E-state index is 0.0834. The van der Waals surface area contributed by atoms with Crippen molar-refractivity contribution in [3.63, 3.8) is 0 Å². The number of carbonyl (C=O) groups is 1. The minimum atomic E-state index is -0.0834. The molecule has 3 rings (SSSR count). The first kappa shape index (κ1) is 16.9. The first-order valence-electron chi connectivity index (χ1n) is 8.39. The molecular weight excluding hydrogens is 320 g/mol. The summed E-state index contributed by atoms with van der Waals surface area (Å²) in [6, 6.07) is 5.45. The second-order valence-corrected chi connectivity index (χ2v) is 5.58. The number of nitrogens with one attached hydrogen (secondary N) is 1. The third kappa shape index (κ3) is 4.34. The Labute approximate surface area is 146 Å². The van der Waals surface area contributed by atoms with E-state index in [4.69, 9.17) is 4.74 Å². The summed E-state index contributed by atoms with van der Waals surface area (Å²) >= 11 is 0. The van der Waals surface area contributed by atoms with Crippen molar-refractivity contribution in [3.8, 4) is 5.88 Å². The Morgan fingerprint density at radius 2 is 1.84 bits per heavy atom. The third-order valence-electron chi connectivity index (χ3n) is 3.96. The Morgan fingerprint density at radius 3 is 2.56 bits per heavy atom. The van der Waals surface area contributed by atoms with E-state index >= 15 is 0 Å². The number of amides is 2. The summed E-state index contributed by atoms with van der Waals surface area (Å²) in [6.07, 6.45) is 5.14. The fraction of sp³-hybridized carbons (Fsp3) is 0.412. The first-order valence-corrected chi connectivity index (χ1v) is 8.39. The Morgan fingerprint density at radius 1 is 1.12 bits per heavy atom. The molecule has 0 atom stereocenters. The van der Waals surface area contributed by atoms with E-state index in [2.05, 4.69) is 25.2 Å². The van der Waals surface area contributed by atoms with Crippen LogP contribution in [0.5, 0.6) is 5.88 Å². The van der Waals surface area contributed by atoms with Crippen LogP contribution in [0.3, 0.4) is 0 Å². The standard InChI is InChI=1S/C17H22N6O2/c1-2-25-15-14(5-3-6-18-15)13-21-17(24)23-11-9-22(10-12-23)16-19-7-4-8-20-16/h3-8H,2,9-13H2,1H3,(H,21,24). The summed E-state index contributed by atoms with van der Waals surface area (Å²) in [7, 11) is 0. The number of ether oxygens (including phenoxy) is 1. The van der Waals surface area contributed by atoms with Gasteiger partial charge in [0.2, 0.25) is 11.8 Å². The maximum absolute atomic E-state index is 12.4. The van der Waals surface area contributed by atoms with Crippen molar-refractivity contribution < 1.29 is 9.53 Å². The van der Waals surface area contributed by atoms with Gasteiger partial charge in [-0.2, -0.15) is 0 Å². The van der Waals surface area contributed by atoms with Crippen LogP contribution in [0.25, 0.3) is 0 Å². The monoisotopic (exact) mass is 342 g/mol. The normalized spacial score (nSPS) is 14.3. The van der Waals surface area contributed by atoms with Crippen LogP contribution < -0.4 is 15.0 Å². The lowest BCUT2D eigenvalue weighted by molar-refractivity contribution is 0.193. The van der Waals surface area contributed by atoms with Crippen LogP contribution >= 0.6 is 0 Å². The van der Waals surface area contributed by atoms with E-state index in [0.717, 1.165) is 5.56 Å². The van der Waals surface area contributed by atoms with Crippen LogP contribution in [-0.4, -0.2) is 58.7 Å². The van der Waals surface area contributed by atoms with Gasteiger partial charge < -0.3 is 19.9 Å². The third-order valence-corrected chi connectivity index (χ3v) is 3.96. The van der Waals surface area contributed by atoms with Gasteiger partial charge in [-0.1, -0.05) is 6.07 Å². The van der Waals surface area contributed by atoms with Gasteiger partial charge in [-0.3, -0.25) is 0 Å². The molecule has 1 aliphatic rings. The zero-order valence-corrected chi connectivity index (χ0v) is 14.3. The van der Waals surface area contributed by atoms with E-state index in [9.17, 15) is 4.79 Å². The van der Waals surface area contributed by atoms with E-state index in [-0.39, 0.29) is 6.03 Å². The van der Waals surface area contributed by atoms with Gasteiger partial charge in [0.15, 0.2) is 0 Å². The van der Waals surface area contributed by atoms with Crippen molar-refractivity contribution in [1.29, 1.82) is 0 Å². The van der Waals surface area contributed by atoms with Crippen molar-refractivity contribution in [2.45, 2.75) is 13.5 Å². The molecule has 1 saturated heterocycles. The average Bonchev–Trinajstić information content (AvgIpc) is 2.68. The van der Waals surface area contributed by atoms with Crippen LogP contribution in [0, 0.1) is 0 Å². The summed E-state index contributed by atoms with van der Waals surface area (Å²) < 4.78 is 5.48. The predicted molar refractivity (Wildman–Crippen MR) is 93.5 cm³/mol.